The molecule has 2 aliphatic heterocycles. The van der Waals surface area contributed by atoms with E-state index >= 15 is 0 Å². The minimum Gasteiger partial charge on any atom is -0.379 e. The molecule has 0 radical (unpaired) electrons. The molecular formula is C17H27N5O4S. The molecule has 0 spiro atoms. The Morgan fingerprint density at radius 1 is 1.11 bits per heavy atom. The summed E-state index contributed by atoms with van der Waals surface area (Å²) >= 11 is 0. The molecule has 0 bridgehead atoms. The Labute approximate surface area is 160 Å². The summed E-state index contributed by atoms with van der Waals surface area (Å²) in [6, 6.07) is 5.71. The highest BCUT2D eigenvalue weighted by Gasteiger charge is 2.34. The van der Waals surface area contributed by atoms with Crippen molar-refractivity contribution in [1.29, 1.82) is 0 Å². The van der Waals surface area contributed by atoms with Crippen molar-refractivity contribution in [2.45, 2.75) is 6.54 Å². The zero-order valence-corrected chi connectivity index (χ0v) is 16.5. The van der Waals surface area contributed by atoms with E-state index in [0.29, 0.717) is 59.0 Å². The summed E-state index contributed by atoms with van der Waals surface area (Å²) in [5.41, 5.74) is 0.911. The normalized spacial score (nSPS) is 20.1. The predicted octanol–water partition coefficient (Wildman–Crippen LogP) is -0.765. The SMILES string of the molecule is CN(CC(=O)N1CCN(S(=O)(=O)N2CCOCC2)CC1)Cc1ccccn1. The smallest absolute Gasteiger partial charge is 0.282 e. The van der Waals surface area contributed by atoms with Gasteiger partial charge in [0, 0.05) is 52.0 Å². The quantitative estimate of drug-likeness (QED) is 0.627. The lowest BCUT2D eigenvalue weighted by molar-refractivity contribution is -0.133. The lowest BCUT2D eigenvalue weighted by atomic mass is 10.3. The average molecular weight is 398 g/mol. The van der Waals surface area contributed by atoms with Crippen molar-refractivity contribution in [1.82, 2.24) is 23.4 Å². The van der Waals surface area contributed by atoms with Gasteiger partial charge in [0.05, 0.1) is 25.5 Å². The highest BCUT2D eigenvalue weighted by molar-refractivity contribution is 7.86. The average Bonchev–Trinajstić information content (AvgIpc) is 2.69. The van der Waals surface area contributed by atoms with Gasteiger partial charge in [-0.1, -0.05) is 6.07 Å². The monoisotopic (exact) mass is 397 g/mol. The second-order valence-electron chi connectivity index (χ2n) is 6.79. The lowest BCUT2D eigenvalue weighted by Gasteiger charge is -2.38. The first-order valence-electron chi connectivity index (χ1n) is 9.16. The van der Waals surface area contributed by atoms with Gasteiger partial charge in [0.15, 0.2) is 0 Å². The first-order chi connectivity index (χ1) is 13.0. The summed E-state index contributed by atoms with van der Waals surface area (Å²) in [5.74, 6) is 0.0110. The number of morpholine rings is 1. The minimum atomic E-state index is -3.47. The number of hydrogen-bond donors (Lipinski definition) is 0. The molecule has 0 saturated carbocycles. The van der Waals surface area contributed by atoms with Gasteiger partial charge in [-0.2, -0.15) is 17.0 Å². The fourth-order valence-corrected chi connectivity index (χ4v) is 4.83. The predicted molar refractivity (Wildman–Crippen MR) is 100 cm³/mol. The van der Waals surface area contributed by atoms with Gasteiger partial charge in [-0.25, -0.2) is 0 Å². The fraction of sp³-hybridized carbons (Fsp3) is 0.647. The number of nitrogens with zero attached hydrogens (tertiary/aromatic N) is 5. The maximum absolute atomic E-state index is 12.7. The highest BCUT2D eigenvalue weighted by Crippen LogP contribution is 2.14. The van der Waals surface area contributed by atoms with Crippen LogP contribution in [0.3, 0.4) is 0 Å². The van der Waals surface area contributed by atoms with E-state index in [2.05, 4.69) is 4.98 Å². The number of piperazine rings is 1. The van der Waals surface area contributed by atoms with Crippen LogP contribution in [0.1, 0.15) is 5.69 Å². The van der Waals surface area contributed by atoms with Crippen molar-refractivity contribution in [3.8, 4) is 0 Å². The van der Waals surface area contributed by atoms with Crippen LogP contribution in [0.15, 0.2) is 24.4 Å². The van der Waals surface area contributed by atoms with E-state index in [0.717, 1.165) is 5.69 Å². The van der Waals surface area contributed by atoms with Crippen LogP contribution in [0.25, 0.3) is 0 Å². The molecule has 0 aromatic carbocycles. The van der Waals surface area contributed by atoms with Crippen LogP contribution in [0.5, 0.6) is 0 Å². The molecule has 0 unspecified atom stereocenters. The van der Waals surface area contributed by atoms with Crippen LogP contribution >= 0.6 is 0 Å². The summed E-state index contributed by atoms with van der Waals surface area (Å²) < 4.78 is 33.5. The molecule has 3 rings (SSSR count). The van der Waals surface area contributed by atoms with Crippen LogP contribution in [0, 0.1) is 0 Å². The number of aromatic nitrogens is 1. The number of amides is 1. The third kappa shape index (κ3) is 5.23. The van der Waals surface area contributed by atoms with Gasteiger partial charge in [0.2, 0.25) is 5.91 Å². The van der Waals surface area contributed by atoms with Gasteiger partial charge in [-0.05, 0) is 19.2 Å². The number of pyridine rings is 1. The summed E-state index contributed by atoms with van der Waals surface area (Å²) in [7, 11) is -1.59. The maximum atomic E-state index is 12.7. The number of carbonyl (C=O) groups is 1. The fourth-order valence-electron chi connectivity index (χ4n) is 3.26. The number of carbonyl (C=O) groups excluding carboxylic acids is 1. The van der Waals surface area contributed by atoms with Crippen molar-refractivity contribution >= 4 is 16.1 Å². The zero-order chi connectivity index (χ0) is 19.3. The number of hydrogen-bond acceptors (Lipinski definition) is 6. The Kier molecular flexibility index (Phi) is 6.77. The molecule has 2 fully saturated rings. The summed E-state index contributed by atoms with van der Waals surface area (Å²) in [6.07, 6.45) is 1.74. The van der Waals surface area contributed by atoms with Crippen LogP contribution in [-0.2, 0) is 26.3 Å². The molecule has 2 saturated heterocycles. The van der Waals surface area contributed by atoms with Crippen LogP contribution in [0.2, 0.25) is 0 Å². The van der Waals surface area contributed by atoms with E-state index in [1.54, 1.807) is 11.1 Å². The Hall–Kier alpha value is -1.59. The van der Waals surface area contributed by atoms with Crippen molar-refractivity contribution in [2.24, 2.45) is 0 Å². The van der Waals surface area contributed by atoms with Gasteiger partial charge in [0.1, 0.15) is 0 Å². The van der Waals surface area contributed by atoms with Crippen molar-refractivity contribution < 1.29 is 17.9 Å². The first kappa shape index (κ1) is 20.2. The summed E-state index contributed by atoms with van der Waals surface area (Å²) in [5, 5.41) is 0. The van der Waals surface area contributed by atoms with E-state index in [9.17, 15) is 13.2 Å². The highest BCUT2D eigenvalue weighted by atomic mass is 32.2. The largest absolute Gasteiger partial charge is 0.379 e. The van der Waals surface area contributed by atoms with Gasteiger partial charge in [0.25, 0.3) is 10.2 Å². The molecule has 0 N–H and O–H groups in total. The van der Waals surface area contributed by atoms with E-state index < -0.39 is 10.2 Å². The third-order valence-electron chi connectivity index (χ3n) is 4.78. The maximum Gasteiger partial charge on any atom is 0.282 e. The topological polar surface area (TPSA) is 86.3 Å². The standard InChI is InChI=1S/C17H27N5O4S/c1-19(14-16-4-2-3-5-18-16)15-17(23)20-6-8-21(9-7-20)27(24,25)22-10-12-26-13-11-22/h2-5H,6-15H2,1H3. The van der Waals surface area contributed by atoms with Crippen molar-refractivity contribution in [2.75, 3.05) is 66.1 Å². The summed E-state index contributed by atoms with van der Waals surface area (Å²) in [6.45, 7) is 4.01. The molecule has 2 aliphatic rings. The Morgan fingerprint density at radius 2 is 1.78 bits per heavy atom. The van der Waals surface area contributed by atoms with Gasteiger partial charge < -0.3 is 9.64 Å². The molecule has 1 amide bonds. The van der Waals surface area contributed by atoms with Crippen LogP contribution in [-0.4, -0.2) is 104 Å². The minimum absolute atomic E-state index is 0.0110. The summed E-state index contributed by atoms with van der Waals surface area (Å²) in [4.78, 5) is 20.4. The van der Waals surface area contributed by atoms with Crippen LogP contribution in [0.4, 0.5) is 0 Å². The molecule has 27 heavy (non-hydrogen) atoms. The Bertz CT molecular complexity index is 716. The van der Waals surface area contributed by atoms with E-state index in [1.165, 1.54) is 8.61 Å². The molecule has 150 valence electrons. The molecule has 3 heterocycles. The molecule has 10 heteroatoms. The zero-order valence-electron chi connectivity index (χ0n) is 15.7. The van der Waals surface area contributed by atoms with E-state index in [4.69, 9.17) is 4.74 Å². The lowest BCUT2D eigenvalue weighted by Crippen LogP contribution is -2.56. The van der Waals surface area contributed by atoms with E-state index in [-0.39, 0.29) is 12.5 Å². The Morgan fingerprint density at radius 3 is 2.41 bits per heavy atom. The molecule has 9 nitrogen and oxygen atoms in total. The molecular weight excluding hydrogens is 370 g/mol. The van der Waals surface area contributed by atoms with E-state index in [1.807, 2.05) is 30.1 Å². The first-order valence-corrected chi connectivity index (χ1v) is 10.6. The Balaban J connectivity index is 1.47. The van der Waals surface area contributed by atoms with Gasteiger partial charge in [-0.3, -0.25) is 14.7 Å². The van der Waals surface area contributed by atoms with Gasteiger partial charge >= 0.3 is 0 Å². The van der Waals surface area contributed by atoms with Crippen LogP contribution < -0.4 is 0 Å². The van der Waals surface area contributed by atoms with Crippen molar-refractivity contribution in [3.05, 3.63) is 30.1 Å². The molecule has 1 aromatic rings. The molecule has 0 atom stereocenters. The third-order valence-corrected chi connectivity index (χ3v) is 6.81. The number of rotatable bonds is 6. The number of likely N-dealkylation sites (N-methyl/N-ethyl adjacent to an activating group) is 1. The second-order valence-corrected chi connectivity index (χ2v) is 8.72. The molecule has 1 aromatic heterocycles. The van der Waals surface area contributed by atoms with Crippen molar-refractivity contribution in [3.63, 3.8) is 0 Å². The number of ether oxygens (including phenoxy) is 1. The van der Waals surface area contributed by atoms with Gasteiger partial charge in [-0.15, -0.1) is 0 Å². The second kappa shape index (κ2) is 9.07. The molecule has 0 aliphatic carbocycles.